The molecular weight excluding hydrogens is 822 g/mol. The summed E-state index contributed by atoms with van der Waals surface area (Å²) in [5.41, 5.74) is 11.1. The summed E-state index contributed by atoms with van der Waals surface area (Å²) >= 11 is 0. The van der Waals surface area contributed by atoms with Gasteiger partial charge in [0.25, 0.3) is 11.8 Å². The Kier molecular flexibility index (Phi) is 10.8. The second-order valence-corrected chi connectivity index (χ2v) is 16.4. The third kappa shape index (κ3) is 7.33. The van der Waals surface area contributed by atoms with E-state index in [0.717, 1.165) is 71.8 Å². The van der Waals surface area contributed by atoms with Crippen molar-refractivity contribution < 1.29 is 23.6 Å². The largest absolute Gasteiger partial charge is 0.370 e. The second-order valence-electron chi connectivity index (χ2n) is 16.4. The van der Waals surface area contributed by atoms with Gasteiger partial charge in [-0.2, -0.15) is 5.10 Å². The number of carbonyl (C=O) groups excluding carboxylic acids is 4. The van der Waals surface area contributed by atoms with Crippen molar-refractivity contribution in [3.8, 4) is 16.9 Å². The zero-order valence-corrected chi connectivity index (χ0v) is 35.5. The lowest BCUT2D eigenvalue weighted by molar-refractivity contribution is -0.135. The number of para-hydroxylation sites is 1. The lowest BCUT2D eigenvalue weighted by atomic mass is 9.88. The van der Waals surface area contributed by atoms with Gasteiger partial charge >= 0.3 is 11.4 Å². The Bertz CT molecular complexity index is 3170. The van der Waals surface area contributed by atoms with Crippen molar-refractivity contribution >= 4 is 56.9 Å². The van der Waals surface area contributed by atoms with Gasteiger partial charge in [-0.1, -0.05) is 12.1 Å². The van der Waals surface area contributed by atoms with E-state index in [1.165, 1.54) is 32.3 Å². The molecule has 1 unspecified atom stereocenters. The first-order chi connectivity index (χ1) is 30.8. The first-order valence-corrected chi connectivity index (χ1v) is 21.2. The van der Waals surface area contributed by atoms with E-state index in [1.54, 1.807) is 24.9 Å². The Balaban J connectivity index is 0.997. The number of aromatic nitrogens is 7. The fraction of sp³-hybridized carbons (Fsp3) is 0.304. The molecule has 17 nitrogen and oxygen atoms in total. The molecule has 0 spiro atoms. The minimum Gasteiger partial charge on any atom is -0.370 e. The second kappa shape index (κ2) is 16.6. The minimum atomic E-state index is -0.956. The van der Waals surface area contributed by atoms with Crippen LogP contribution in [0.15, 0.2) is 88.8 Å². The minimum absolute atomic E-state index is 0.144. The summed E-state index contributed by atoms with van der Waals surface area (Å²) in [6, 6.07) is 18.4. The van der Waals surface area contributed by atoms with Gasteiger partial charge < -0.3 is 20.5 Å². The van der Waals surface area contributed by atoms with E-state index >= 15 is 0 Å². The highest BCUT2D eigenvalue weighted by Gasteiger charge is 2.33. The molecule has 0 saturated carbocycles. The molecule has 9 rings (SSSR count). The molecule has 2 fully saturated rings. The molecule has 2 saturated heterocycles. The number of imidazole rings is 1. The average molecular weight is 868 g/mol. The van der Waals surface area contributed by atoms with Crippen molar-refractivity contribution in [1.29, 1.82) is 0 Å². The van der Waals surface area contributed by atoms with E-state index in [9.17, 15) is 33.2 Å². The number of amides is 4. The van der Waals surface area contributed by atoms with Crippen LogP contribution in [0.25, 0.3) is 38.9 Å². The lowest BCUT2D eigenvalue weighted by Gasteiger charge is -2.34. The number of hydrogen-bond donors (Lipinski definition) is 3. The first-order valence-electron chi connectivity index (χ1n) is 21.2. The maximum absolute atomic E-state index is 14.2. The van der Waals surface area contributed by atoms with E-state index < -0.39 is 29.6 Å². The van der Waals surface area contributed by atoms with Crippen LogP contribution in [0.2, 0.25) is 0 Å². The van der Waals surface area contributed by atoms with Gasteiger partial charge in [0.05, 0.1) is 33.5 Å². The lowest BCUT2D eigenvalue weighted by Crippen LogP contribution is -2.44. The SMILES string of the molecule is CCn1c(-c2ccc(-n3cnn(C)c3=O)cc2CCC2CCN(c3cccc4c3n(C)c(=O)n4C3CCC(=O)NC3=O)CC2)cc2ccnc(C(=O)Nc3ccc(F)c(C(N)=O)c3)c21. The quantitative estimate of drug-likeness (QED) is 0.156. The molecule has 18 heteroatoms. The molecule has 0 aliphatic carbocycles. The molecule has 64 heavy (non-hydrogen) atoms. The number of primary amides is 1. The highest BCUT2D eigenvalue weighted by molar-refractivity contribution is 6.12. The van der Waals surface area contributed by atoms with Crippen LogP contribution in [-0.2, 0) is 36.6 Å². The van der Waals surface area contributed by atoms with Crippen LogP contribution < -0.4 is 32.6 Å². The van der Waals surface area contributed by atoms with Crippen LogP contribution >= 0.6 is 0 Å². The first kappa shape index (κ1) is 41.7. The van der Waals surface area contributed by atoms with Crippen molar-refractivity contribution in [3.05, 3.63) is 123 Å². The normalized spacial score (nSPS) is 15.9. The number of nitrogens with one attached hydrogen (secondary N) is 2. The number of rotatable bonds is 11. The van der Waals surface area contributed by atoms with Crippen molar-refractivity contribution in [2.24, 2.45) is 25.7 Å². The molecule has 4 N–H and O–H groups in total. The summed E-state index contributed by atoms with van der Waals surface area (Å²) in [4.78, 5) is 83.7. The molecule has 4 amide bonds. The smallest absolute Gasteiger partial charge is 0.350 e. The van der Waals surface area contributed by atoms with Crippen LogP contribution in [0.5, 0.6) is 0 Å². The summed E-state index contributed by atoms with van der Waals surface area (Å²) in [7, 11) is 3.32. The number of nitrogens with two attached hydrogens (primary N) is 1. The number of anilines is 2. The summed E-state index contributed by atoms with van der Waals surface area (Å²) in [6.45, 7) is 3.98. The Morgan fingerprint density at radius 3 is 2.45 bits per heavy atom. The van der Waals surface area contributed by atoms with Gasteiger partial charge in [0, 0.05) is 68.7 Å². The van der Waals surface area contributed by atoms with Crippen LogP contribution in [0, 0.1) is 11.7 Å². The van der Waals surface area contributed by atoms with Crippen molar-refractivity contribution in [2.45, 2.75) is 58.0 Å². The van der Waals surface area contributed by atoms with E-state index in [1.807, 2.05) is 60.0 Å². The van der Waals surface area contributed by atoms with E-state index in [4.69, 9.17) is 5.73 Å². The molecule has 1 atom stereocenters. The Hall–Kier alpha value is -7.63. The van der Waals surface area contributed by atoms with Gasteiger partial charge in [-0.15, -0.1) is 0 Å². The summed E-state index contributed by atoms with van der Waals surface area (Å²) in [6.07, 6.45) is 6.81. The number of imide groups is 1. The number of aryl methyl sites for hydroxylation is 4. The molecule has 3 aromatic carbocycles. The van der Waals surface area contributed by atoms with Gasteiger partial charge in [-0.25, -0.2) is 28.2 Å². The Morgan fingerprint density at radius 1 is 0.938 bits per heavy atom. The Morgan fingerprint density at radius 2 is 1.73 bits per heavy atom. The zero-order chi connectivity index (χ0) is 45.0. The molecule has 7 aromatic rings. The molecule has 0 radical (unpaired) electrons. The predicted octanol–water partition coefficient (Wildman–Crippen LogP) is 4.58. The van der Waals surface area contributed by atoms with Gasteiger partial charge in [0.15, 0.2) is 5.69 Å². The fourth-order valence-corrected chi connectivity index (χ4v) is 9.39. The highest BCUT2D eigenvalue weighted by atomic mass is 19.1. The van der Waals surface area contributed by atoms with Gasteiger partial charge in [-0.3, -0.25) is 33.6 Å². The standard InChI is InChI=1S/C46H46FN11O6/c1-4-56-37(23-28-16-19-49-39(40(28)56)44(62)51-29-10-13-33(47)32(24-29)42(48)60)31-12-11-30(57-25-50-54(3)46(57)64)22-27(31)9-8-26-17-20-55(21-18-26)34-6-5-7-35-41(34)53(2)45(63)58(35)36-14-15-38(59)52-43(36)61/h5-7,10-13,16,19,22-26,36H,4,8-9,14-15,17-18,20-21H2,1-3H3,(H2,48,60)(H,51,62)(H,52,59,61). The van der Waals surface area contributed by atoms with Crippen LogP contribution in [-0.4, -0.2) is 69.8 Å². The summed E-state index contributed by atoms with van der Waals surface area (Å²) in [5, 5.41) is 10.1. The number of benzene rings is 3. The molecule has 4 aromatic heterocycles. The molecule has 328 valence electrons. The maximum Gasteiger partial charge on any atom is 0.350 e. The number of hydrogen-bond acceptors (Lipinski definition) is 9. The van der Waals surface area contributed by atoms with Crippen molar-refractivity contribution in [2.75, 3.05) is 23.3 Å². The Labute approximate surface area is 364 Å². The maximum atomic E-state index is 14.2. The average Bonchev–Trinajstić information content (AvgIpc) is 3.92. The molecule has 2 aliphatic rings. The molecule has 0 bridgehead atoms. The monoisotopic (exact) mass is 867 g/mol. The number of halogens is 1. The third-order valence-corrected chi connectivity index (χ3v) is 12.7. The van der Waals surface area contributed by atoms with Crippen LogP contribution in [0.4, 0.5) is 15.8 Å². The third-order valence-electron chi connectivity index (χ3n) is 12.7. The fourth-order valence-electron chi connectivity index (χ4n) is 9.39. The molecule has 2 aliphatic heterocycles. The highest BCUT2D eigenvalue weighted by Crippen LogP contribution is 2.37. The number of carbonyl (C=O) groups is 4. The van der Waals surface area contributed by atoms with E-state index in [0.29, 0.717) is 35.6 Å². The van der Waals surface area contributed by atoms with E-state index in [-0.39, 0.29) is 47.1 Å². The summed E-state index contributed by atoms with van der Waals surface area (Å²) in [5.74, 6) is -2.73. The van der Waals surface area contributed by atoms with E-state index in [2.05, 4.69) is 25.6 Å². The van der Waals surface area contributed by atoms with Gasteiger partial charge in [0.2, 0.25) is 11.8 Å². The molecule has 6 heterocycles. The number of nitrogens with zero attached hydrogens (tertiary/aromatic N) is 8. The van der Waals surface area contributed by atoms with Crippen molar-refractivity contribution in [1.82, 2.24) is 38.3 Å². The van der Waals surface area contributed by atoms with Crippen molar-refractivity contribution in [3.63, 3.8) is 0 Å². The number of piperidine rings is 2. The summed E-state index contributed by atoms with van der Waals surface area (Å²) < 4.78 is 22.1. The van der Waals surface area contributed by atoms with Crippen LogP contribution in [0.1, 0.15) is 71.5 Å². The molecular formula is C46H46FN11O6. The number of pyridine rings is 1. The topological polar surface area (TPSA) is 206 Å². The van der Waals surface area contributed by atoms with Gasteiger partial charge in [-0.05, 0) is 105 Å². The number of fused-ring (bicyclic) bond motifs is 2. The zero-order valence-electron chi connectivity index (χ0n) is 35.5. The predicted molar refractivity (Wildman–Crippen MR) is 238 cm³/mol. The van der Waals surface area contributed by atoms with Gasteiger partial charge in [0.1, 0.15) is 18.2 Å². The van der Waals surface area contributed by atoms with Crippen LogP contribution in [0.3, 0.4) is 0 Å².